The van der Waals surface area contributed by atoms with Gasteiger partial charge in [0, 0.05) is 40.2 Å². The fraction of sp³-hybridized carbons (Fsp3) is 0.333. The summed E-state index contributed by atoms with van der Waals surface area (Å²) in [6, 6.07) is 14.3. The zero-order valence-corrected chi connectivity index (χ0v) is 18.3. The van der Waals surface area contributed by atoms with E-state index in [0.29, 0.717) is 35.3 Å². The number of halogens is 2. The highest BCUT2D eigenvalue weighted by atomic mass is 35.5. The van der Waals surface area contributed by atoms with E-state index in [4.69, 9.17) is 23.2 Å². The van der Waals surface area contributed by atoms with Gasteiger partial charge >= 0.3 is 0 Å². The lowest BCUT2D eigenvalue weighted by Gasteiger charge is -2.28. The largest absolute Gasteiger partial charge is 0.355 e. The zero-order chi connectivity index (χ0) is 20.5. The van der Waals surface area contributed by atoms with Gasteiger partial charge in [0.05, 0.1) is 0 Å². The molecule has 7 heteroatoms. The Morgan fingerprint density at radius 1 is 1.04 bits per heavy atom. The Labute approximate surface area is 180 Å². The van der Waals surface area contributed by atoms with Crippen LogP contribution in [0.3, 0.4) is 0 Å². The molecule has 0 heterocycles. The molecule has 1 atom stereocenters. The highest BCUT2D eigenvalue weighted by Gasteiger charge is 2.25. The van der Waals surface area contributed by atoms with Crippen molar-refractivity contribution in [1.29, 1.82) is 0 Å². The summed E-state index contributed by atoms with van der Waals surface area (Å²) in [7, 11) is 0. The number of hydrogen-bond donors (Lipinski definition) is 1. The van der Waals surface area contributed by atoms with Crippen LogP contribution in [0.25, 0.3) is 0 Å². The van der Waals surface area contributed by atoms with Gasteiger partial charge in [-0.25, -0.2) is 0 Å². The fourth-order valence-electron chi connectivity index (χ4n) is 2.62. The summed E-state index contributed by atoms with van der Waals surface area (Å²) in [5.74, 6) is 0.407. The monoisotopic (exact) mass is 438 g/mol. The molecule has 2 amide bonds. The fourth-order valence-corrected chi connectivity index (χ4v) is 3.71. The second-order valence-corrected chi connectivity index (χ2v) is 8.31. The standard InChI is InChI=1S/C21H24Cl2N2O2S/c1-3-24-21(27)15(2)25(14-16-4-6-17(22)7-5-16)20(26)12-13-28-19-10-8-18(23)9-11-19/h4-11,15H,3,12-14H2,1-2H3,(H,24,27)/t15-/m1/s1. The van der Waals surface area contributed by atoms with Crippen LogP contribution in [0.1, 0.15) is 25.8 Å². The number of thioether (sulfide) groups is 1. The minimum absolute atomic E-state index is 0.0600. The molecule has 28 heavy (non-hydrogen) atoms. The minimum Gasteiger partial charge on any atom is -0.355 e. The third-order valence-electron chi connectivity index (χ3n) is 4.18. The molecule has 2 rings (SSSR count). The quantitative estimate of drug-likeness (QED) is 0.558. The van der Waals surface area contributed by atoms with E-state index in [0.717, 1.165) is 10.5 Å². The highest BCUT2D eigenvalue weighted by Crippen LogP contribution is 2.22. The van der Waals surface area contributed by atoms with Crippen molar-refractivity contribution in [3.8, 4) is 0 Å². The predicted molar refractivity (Wildman–Crippen MR) is 117 cm³/mol. The van der Waals surface area contributed by atoms with Crippen LogP contribution in [0.15, 0.2) is 53.4 Å². The predicted octanol–water partition coefficient (Wildman–Crippen LogP) is 5.03. The molecule has 2 aromatic rings. The molecule has 0 saturated carbocycles. The number of benzene rings is 2. The maximum atomic E-state index is 12.9. The van der Waals surface area contributed by atoms with Crippen LogP contribution in [0.2, 0.25) is 10.0 Å². The minimum atomic E-state index is -0.552. The average Bonchev–Trinajstić information content (AvgIpc) is 2.68. The van der Waals surface area contributed by atoms with Crippen molar-refractivity contribution in [1.82, 2.24) is 10.2 Å². The molecule has 0 radical (unpaired) electrons. The number of nitrogens with one attached hydrogen (secondary N) is 1. The van der Waals surface area contributed by atoms with E-state index in [2.05, 4.69) is 5.32 Å². The summed E-state index contributed by atoms with van der Waals surface area (Å²) < 4.78 is 0. The number of likely N-dealkylation sites (N-methyl/N-ethyl adjacent to an activating group) is 1. The van der Waals surface area contributed by atoms with Crippen molar-refractivity contribution in [3.63, 3.8) is 0 Å². The molecule has 150 valence electrons. The van der Waals surface area contributed by atoms with Crippen molar-refractivity contribution >= 4 is 46.8 Å². The van der Waals surface area contributed by atoms with Crippen LogP contribution < -0.4 is 5.32 Å². The summed E-state index contributed by atoms with van der Waals surface area (Å²) in [6.45, 7) is 4.50. The number of hydrogen-bond acceptors (Lipinski definition) is 3. The van der Waals surface area contributed by atoms with E-state index in [9.17, 15) is 9.59 Å². The molecule has 0 aliphatic rings. The summed E-state index contributed by atoms with van der Waals surface area (Å²) in [4.78, 5) is 27.9. The maximum Gasteiger partial charge on any atom is 0.242 e. The van der Waals surface area contributed by atoms with Crippen molar-refractivity contribution in [2.45, 2.75) is 37.8 Å². The molecule has 0 unspecified atom stereocenters. The molecule has 0 spiro atoms. The van der Waals surface area contributed by atoms with E-state index in [1.165, 1.54) is 0 Å². The van der Waals surface area contributed by atoms with Crippen LogP contribution in [0.4, 0.5) is 0 Å². The molecule has 4 nitrogen and oxygen atoms in total. The van der Waals surface area contributed by atoms with Gasteiger partial charge in [-0.2, -0.15) is 0 Å². The molecular formula is C21H24Cl2N2O2S. The normalized spacial score (nSPS) is 11.7. The Balaban J connectivity index is 2.03. The van der Waals surface area contributed by atoms with Gasteiger partial charge in [0.25, 0.3) is 0 Å². The van der Waals surface area contributed by atoms with Crippen LogP contribution in [0, 0.1) is 0 Å². The topological polar surface area (TPSA) is 49.4 Å². The third-order valence-corrected chi connectivity index (χ3v) is 5.70. The van der Waals surface area contributed by atoms with E-state index < -0.39 is 6.04 Å². The zero-order valence-electron chi connectivity index (χ0n) is 16.0. The molecule has 2 aromatic carbocycles. The Morgan fingerprint density at radius 3 is 2.18 bits per heavy atom. The first-order chi connectivity index (χ1) is 13.4. The molecule has 0 aliphatic heterocycles. The number of carbonyl (C=O) groups excluding carboxylic acids is 2. The number of rotatable bonds is 9. The smallest absolute Gasteiger partial charge is 0.242 e. The summed E-state index contributed by atoms with van der Waals surface area (Å²) in [5, 5.41) is 4.11. The first kappa shape index (κ1) is 22.6. The summed E-state index contributed by atoms with van der Waals surface area (Å²) >= 11 is 13.4. The Hall–Kier alpha value is -1.69. The van der Waals surface area contributed by atoms with Gasteiger partial charge in [0.15, 0.2) is 0 Å². The molecular weight excluding hydrogens is 415 g/mol. The van der Waals surface area contributed by atoms with E-state index in [1.54, 1.807) is 35.7 Å². The Kier molecular flexibility index (Phi) is 9.16. The van der Waals surface area contributed by atoms with Crippen molar-refractivity contribution in [2.24, 2.45) is 0 Å². The van der Waals surface area contributed by atoms with Crippen LogP contribution in [-0.4, -0.2) is 35.1 Å². The number of amides is 2. The first-order valence-electron chi connectivity index (χ1n) is 9.10. The van der Waals surface area contributed by atoms with Gasteiger partial charge in [-0.3, -0.25) is 9.59 Å². The van der Waals surface area contributed by atoms with E-state index in [1.807, 2.05) is 43.3 Å². The first-order valence-corrected chi connectivity index (χ1v) is 10.8. The molecule has 0 fully saturated rings. The lowest BCUT2D eigenvalue weighted by Crippen LogP contribution is -2.47. The van der Waals surface area contributed by atoms with Gasteiger partial charge in [-0.1, -0.05) is 35.3 Å². The SMILES string of the molecule is CCNC(=O)[C@@H](C)N(Cc1ccc(Cl)cc1)C(=O)CCSc1ccc(Cl)cc1. The van der Waals surface area contributed by atoms with Gasteiger partial charge in [0.2, 0.25) is 11.8 Å². The van der Waals surface area contributed by atoms with Crippen LogP contribution >= 0.6 is 35.0 Å². The molecule has 1 N–H and O–H groups in total. The Bertz CT molecular complexity index is 782. The number of carbonyl (C=O) groups is 2. The van der Waals surface area contributed by atoms with E-state index in [-0.39, 0.29) is 11.8 Å². The Morgan fingerprint density at radius 2 is 1.61 bits per heavy atom. The highest BCUT2D eigenvalue weighted by molar-refractivity contribution is 7.99. The summed E-state index contributed by atoms with van der Waals surface area (Å²) in [5.41, 5.74) is 0.930. The van der Waals surface area contributed by atoms with Crippen molar-refractivity contribution in [2.75, 3.05) is 12.3 Å². The van der Waals surface area contributed by atoms with Gasteiger partial charge in [-0.15, -0.1) is 11.8 Å². The van der Waals surface area contributed by atoms with E-state index >= 15 is 0 Å². The van der Waals surface area contributed by atoms with Crippen molar-refractivity contribution < 1.29 is 9.59 Å². The second kappa shape index (κ2) is 11.3. The lowest BCUT2D eigenvalue weighted by atomic mass is 10.1. The van der Waals surface area contributed by atoms with Crippen molar-refractivity contribution in [3.05, 3.63) is 64.1 Å². The van der Waals surface area contributed by atoms with Crippen LogP contribution in [-0.2, 0) is 16.1 Å². The summed E-state index contributed by atoms with van der Waals surface area (Å²) in [6.07, 6.45) is 0.338. The molecule has 0 aromatic heterocycles. The number of nitrogens with zero attached hydrogens (tertiary/aromatic N) is 1. The van der Waals surface area contributed by atoms with Crippen LogP contribution in [0.5, 0.6) is 0 Å². The van der Waals surface area contributed by atoms with Gasteiger partial charge in [0.1, 0.15) is 6.04 Å². The molecule has 0 saturated heterocycles. The average molecular weight is 439 g/mol. The molecule has 0 bridgehead atoms. The second-order valence-electron chi connectivity index (χ2n) is 6.27. The molecule has 0 aliphatic carbocycles. The lowest BCUT2D eigenvalue weighted by molar-refractivity contribution is -0.140. The maximum absolute atomic E-state index is 12.9. The van der Waals surface area contributed by atoms with Gasteiger partial charge in [-0.05, 0) is 55.8 Å². The third kappa shape index (κ3) is 7.04. The van der Waals surface area contributed by atoms with Gasteiger partial charge < -0.3 is 10.2 Å².